The van der Waals surface area contributed by atoms with Gasteiger partial charge < -0.3 is 20.8 Å². The number of nitrogens with one attached hydrogen (secondary N) is 2. The Morgan fingerprint density at radius 1 is 1.43 bits per heavy atom. The van der Waals surface area contributed by atoms with Gasteiger partial charge in [0.1, 0.15) is 0 Å². The van der Waals surface area contributed by atoms with Gasteiger partial charge in [0, 0.05) is 18.8 Å². The molecule has 6 heteroatoms. The summed E-state index contributed by atoms with van der Waals surface area (Å²) in [5.41, 5.74) is 0.425. The van der Waals surface area contributed by atoms with Crippen LogP contribution in [0.5, 0.6) is 0 Å². The van der Waals surface area contributed by atoms with Crippen molar-refractivity contribution in [2.75, 3.05) is 18.4 Å². The van der Waals surface area contributed by atoms with E-state index >= 15 is 0 Å². The average molecular weight is 292 g/mol. The first-order valence-electron chi connectivity index (χ1n) is 6.94. The zero-order valence-electron chi connectivity index (χ0n) is 11.9. The molecule has 1 aliphatic heterocycles. The quantitative estimate of drug-likeness (QED) is 0.647. The Balaban J connectivity index is 2.00. The summed E-state index contributed by atoms with van der Waals surface area (Å²) in [5.74, 6) is -1.56. The van der Waals surface area contributed by atoms with Crippen LogP contribution >= 0.6 is 0 Å². The van der Waals surface area contributed by atoms with Crippen LogP contribution in [0.4, 0.5) is 5.69 Å². The van der Waals surface area contributed by atoms with Crippen LogP contribution in [0.2, 0.25) is 0 Å². The number of carboxylic acid groups (broad SMARTS) is 1. The number of aliphatic carboxylic acids is 1. The molecule has 0 radical (unpaired) electrons. The average Bonchev–Trinajstić information content (AvgIpc) is 2.43. The van der Waals surface area contributed by atoms with Crippen molar-refractivity contribution in [3.05, 3.63) is 29.8 Å². The molecular weight excluding hydrogens is 272 g/mol. The second-order valence-electron chi connectivity index (χ2n) is 5.64. The lowest BCUT2D eigenvalue weighted by atomic mass is 9.90. The number of aliphatic hydroxyl groups is 1. The van der Waals surface area contributed by atoms with Gasteiger partial charge in [-0.05, 0) is 25.0 Å². The Morgan fingerprint density at radius 3 is 2.86 bits per heavy atom. The van der Waals surface area contributed by atoms with E-state index in [2.05, 4.69) is 10.6 Å². The van der Waals surface area contributed by atoms with E-state index in [4.69, 9.17) is 5.11 Å². The van der Waals surface area contributed by atoms with E-state index in [1.165, 1.54) is 6.92 Å². The normalized spacial score (nSPS) is 19.8. The lowest BCUT2D eigenvalue weighted by Gasteiger charge is -2.28. The van der Waals surface area contributed by atoms with Crippen molar-refractivity contribution in [3.8, 4) is 0 Å². The van der Waals surface area contributed by atoms with Crippen LogP contribution in [-0.4, -0.2) is 40.8 Å². The van der Waals surface area contributed by atoms with Crippen molar-refractivity contribution in [3.63, 3.8) is 0 Å². The number of hydrogen-bond donors (Lipinski definition) is 4. The summed E-state index contributed by atoms with van der Waals surface area (Å²) in [6.07, 6.45) is 0.264. The molecule has 0 saturated carbocycles. The third-order valence-electron chi connectivity index (χ3n) is 3.58. The second kappa shape index (κ2) is 6.13. The summed E-state index contributed by atoms with van der Waals surface area (Å²) in [4.78, 5) is 22.9. The molecule has 1 aromatic carbocycles. The van der Waals surface area contributed by atoms with E-state index < -0.39 is 18.0 Å². The summed E-state index contributed by atoms with van der Waals surface area (Å²) in [7, 11) is 0. The summed E-state index contributed by atoms with van der Waals surface area (Å²) < 4.78 is 0. The molecule has 2 rings (SSSR count). The number of fused-ring (bicyclic) bond motifs is 1. The van der Waals surface area contributed by atoms with E-state index in [0.717, 1.165) is 11.3 Å². The number of para-hydroxylation sites is 1. The Hall–Kier alpha value is -2.08. The van der Waals surface area contributed by atoms with E-state index in [9.17, 15) is 14.7 Å². The smallest absolute Gasteiger partial charge is 0.306 e. The van der Waals surface area contributed by atoms with Crippen LogP contribution in [0.15, 0.2) is 24.3 Å². The summed E-state index contributed by atoms with van der Waals surface area (Å²) >= 11 is 0. The zero-order chi connectivity index (χ0) is 15.5. The molecule has 2 unspecified atom stereocenters. The van der Waals surface area contributed by atoms with Crippen LogP contribution in [0.25, 0.3) is 0 Å². The van der Waals surface area contributed by atoms with Gasteiger partial charge in [0.2, 0.25) is 5.91 Å². The molecule has 0 aliphatic carbocycles. The van der Waals surface area contributed by atoms with Gasteiger partial charge in [0.15, 0.2) is 0 Å². The number of amides is 1. The number of benzene rings is 1. The molecule has 1 aromatic rings. The molecule has 0 aromatic heterocycles. The number of carbonyl (C=O) groups is 2. The molecule has 6 nitrogen and oxygen atoms in total. The molecular formula is C15H20N2O4. The van der Waals surface area contributed by atoms with Gasteiger partial charge in [-0.2, -0.15) is 0 Å². The maximum atomic E-state index is 12.3. The minimum Gasteiger partial charge on any atom is -0.481 e. The van der Waals surface area contributed by atoms with Crippen molar-refractivity contribution < 1.29 is 19.8 Å². The van der Waals surface area contributed by atoms with E-state index in [-0.39, 0.29) is 18.4 Å². The third-order valence-corrected chi connectivity index (χ3v) is 3.58. The van der Waals surface area contributed by atoms with Gasteiger partial charge in [0.25, 0.3) is 0 Å². The predicted molar refractivity (Wildman–Crippen MR) is 78.2 cm³/mol. The number of rotatable bonds is 5. The highest BCUT2D eigenvalue weighted by molar-refractivity contribution is 5.86. The first-order chi connectivity index (χ1) is 9.89. The minimum atomic E-state index is -1.45. The lowest BCUT2D eigenvalue weighted by Crippen LogP contribution is -2.44. The Bertz CT molecular complexity index is 542. The topological polar surface area (TPSA) is 98.7 Å². The number of carboxylic acids is 1. The Morgan fingerprint density at radius 2 is 2.14 bits per heavy atom. The van der Waals surface area contributed by atoms with E-state index in [1.807, 2.05) is 24.3 Å². The first kappa shape index (κ1) is 15.3. The van der Waals surface area contributed by atoms with Crippen molar-refractivity contribution in [1.29, 1.82) is 0 Å². The largest absolute Gasteiger partial charge is 0.481 e. The van der Waals surface area contributed by atoms with Crippen LogP contribution in [0.1, 0.15) is 31.2 Å². The fourth-order valence-corrected chi connectivity index (χ4v) is 2.53. The minimum absolute atomic E-state index is 0.0791. The Kier molecular flexibility index (Phi) is 4.47. The molecule has 0 saturated heterocycles. The fraction of sp³-hybridized carbons (Fsp3) is 0.467. The molecule has 4 N–H and O–H groups in total. The summed E-state index contributed by atoms with van der Waals surface area (Å²) in [5, 5.41) is 24.5. The molecule has 2 atom stereocenters. The van der Waals surface area contributed by atoms with Crippen LogP contribution < -0.4 is 10.6 Å². The van der Waals surface area contributed by atoms with Gasteiger partial charge in [-0.1, -0.05) is 18.2 Å². The number of anilines is 1. The molecule has 0 bridgehead atoms. The number of hydrogen-bond acceptors (Lipinski definition) is 4. The molecule has 1 heterocycles. The van der Waals surface area contributed by atoms with Crippen LogP contribution in [0.3, 0.4) is 0 Å². The van der Waals surface area contributed by atoms with E-state index in [0.29, 0.717) is 13.0 Å². The standard InChI is InChI=1S/C15H20N2O4/c1-15(21,8-13(18)19)9-17-14(20)11-6-7-16-12-5-3-2-4-10(11)12/h2-5,11,16,21H,6-9H2,1H3,(H,17,20)(H,18,19). The highest BCUT2D eigenvalue weighted by Gasteiger charge is 2.29. The van der Waals surface area contributed by atoms with Gasteiger partial charge in [-0.15, -0.1) is 0 Å². The zero-order valence-corrected chi connectivity index (χ0v) is 11.9. The maximum Gasteiger partial charge on any atom is 0.306 e. The highest BCUT2D eigenvalue weighted by atomic mass is 16.4. The van der Waals surface area contributed by atoms with Crippen molar-refractivity contribution in [2.24, 2.45) is 0 Å². The molecule has 0 spiro atoms. The van der Waals surface area contributed by atoms with E-state index in [1.54, 1.807) is 0 Å². The van der Waals surface area contributed by atoms with Gasteiger partial charge in [-0.25, -0.2) is 0 Å². The monoisotopic (exact) mass is 292 g/mol. The van der Waals surface area contributed by atoms with Crippen molar-refractivity contribution >= 4 is 17.6 Å². The van der Waals surface area contributed by atoms with Gasteiger partial charge >= 0.3 is 5.97 Å². The summed E-state index contributed by atoms with van der Waals surface area (Å²) in [6, 6.07) is 7.62. The van der Waals surface area contributed by atoms with Gasteiger partial charge in [0.05, 0.1) is 17.9 Å². The molecule has 1 amide bonds. The predicted octanol–water partition coefficient (Wildman–Crippen LogP) is 0.928. The van der Waals surface area contributed by atoms with Crippen molar-refractivity contribution in [1.82, 2.24) is 5.32 Å². The fourth-order valence-electron chi connectivity index (χ4n) is 2.53. The number of carbonyl (C=O) groups excluding carboxylic acids is 1. The molecule has 1 aliphatic rings. The first-order valence-corrected chi connectivity index (χ1v) is 6.94. The Labute approximate surface area is 123 Å². The van der Waals surface area contributed by atoms with Crippen LogP contribution in [-0.2, 0) is 9.59 Å². The highest BCUT2D eigenvalue weighted by Crippen LogP contribution is 2.31. The van der Waals surface area contributed by atoms with Gasteiger partial charge in [-0.3, -0.25) is 9.59 Å². The SMILES string of the molecule is CC(O)(CNC(=O)C1CCNc2ccccc21)CC(=O)O. The third kappa shape index (κ3) is 3.95. The maximum absolute atomic E-state index is 12.3. The second-order valence-corrected chi connectivity index (χ2v) is 5.64. The lowest BCUT2D eigenvalue weighted by molar-refractivity contribution is -0.142. The summed E-state index contributed by atoms with van der Waals surface area (Å²) in [6.45, 7) is 2.03. The van der Waals surface area contributed by atoms with Crippen LogP contribution in [0, 0.1) is 0 Å². The van der Waals surface area contributed by atoms with Crippen molar-refractivity contribution in [2.45, 2.75) is 31.3 Å². The molecule has 114 valence electrons. The molecule has 21 heavy (non-hydrogen) atoms. The molecule has 0 fully saturated rings.